The Bertz CT molecular complexity index is 1020. The number of rotatable bonds is 5. The second-order valence-electron chi connectivity index (χ2n) is 5.69. The molecule has 0 N–H and O–H groups in total. The van der Waals surface area contributed by atoms with Crippen molar-refractivity contribution in [1.29, 1.82) is 5.26 Å². The third-order valence-corrected chi connectivity index (χ3v) is 4.75. The van der Waals surface area contributed by atoms with Gasteiger partial charge in [-0.1, -0.05) is 52.3 Å². The first-order valence-electron chi connectivity index (χ1n) is 8.27. The highest BCUT2D eigenvalue weighted by Crippen LogP contribution is 2.35. The van der Waals surface area contributed by atoms with Crippen molar-refractivity contribution >= 4 is 38.4 Å². The summed E-state index contributed by atoms with van der Waals surface area (Å²) in [5.41, 5.74) is 2.32. The molecule has 0 amide bonds. The van der Waals surface area contributed by atoms with Gasteiger partial charge >= 0.3 is 0 Å². The van der Waals surface area contributed by atoms with E-state index in [-0.39, 0.29) is 0 Å². The molecule has 0 bridgehead atoms. The first kappa shape index (κ1) is 18.0. The van der Waals surface area contributed by atoms with Crippen molar-refractivity contribution in [3.05, 3.63) is 70.2 Å². The number of hydrogen-bond acceptors (Lipinski definition) is 3. The highest BCUT2D eigenvalue weighted by atomic mass is 79.9. The summed E-state index contributed by atoms with van der Waals surface area (Å²) in [6.45, 7) is 2.48. The summed E-state index contributed by atoms with van der Waals surface area (Å²) in [5, 5.41) is 11.9. The summed E-state index contributed by atoms with van der Waals surface area (Å²) in [6, 6.07) is 20.2. The minimum Gasteiger partial charge on any atom is -0.493 e. The monoisotopic (exact) mass is 407 g/mol. The lowest BCUT2D eigenvalue weighted by atomic mass is 10.00. The minimum atomic E-state index is 0.554. The van der Waals surface area contributed by atoms with Crippen LogP contribution in [0.1, 0.15) is 18.1 Å². The van der Waals surface area contributed by atoms with Crippen LogP contribution < -0.4 is 9.47 Å². The maximum Gasteiger partial charge on any atom is 0.162 e. The first-order valence-corrected chi connectivity index (χ1v) is 9.07. The SMILES string of the molecule is CCOc1cc(Br)c(/C=C(/C#N)c2ccc3ccccc3c2)cc1OC. The lowest BCUT2D eigenvalue weighted by molar-refractivity contribution is 0.310. The maximum absolute atomic E-state index is 9.68. The van der Waals surface area contributed by atoms with Crippen molar-refractivity contribution in [2.24, 2.45) is 0 Å². The molecule has 0 spiro atoms. The molecule has 0 aliphatic rings. The van der Waals surface area contributed by atoms with E-state index in [0.717, 1.165) is 26.4 Å². The van der Waals surface area contributed by atoms with E-state index in [1.807, 2.05) is 61.5 Å². The van der Waals surface area contributed by atoms with E-state index in [1.165, 1.54) is 0 Å². The predicted octanol–water partition coefficient (Wildman–Crippen LogP) is 6.07. The molecule has 0 aromatic heterocycles. The molecule has 0 radical (unpaired) electrons. The zero-order chi connectivity index (χ0) is 18.5. The Morgan fingerprint density at radius 3 is 2.54 bits per heavy atom. The number of methoxy groups -OCH3 is 1. The van der Waals surface area contributed by atoms with Crippen LogP contribution in [0.25, 0.3) is 22.4 Å². The van der Waals surface area contributed by atoms with E-state index >= 15 is 0 Å². The first-order chi connectivity index (χ1) is 12.7. The zero-order valence-corrected chi connectivity index (χ0v) is 16.2. The van der Waals surface area contributed by atoms with Gasteiger partial charge in [0.15, 0.2) is 11.5 Å². The topological polar surface area (TPSA) is 42.2 Å². The molecule has 0 unspecified atom stereocenters. The quantitative estimate of drug-likeness (QED) is 0.380. The number of hydrogen-bond donors (Lipinski definition) is 0. The fourth-order valence-corrected chi connectivity index (χ4v) is 3.22. The fraction of sp³-hybridized carbons (Fsp3) is 0.136. The molecule has 0 fully saturated rings. The molecule has 0 heterocycles. The molecule has 3 nitrogen and oxygen atoms in total. The average molecular weight is 408 g/mol. The van der Waals surface area contributed by atoms with Crippen molar-refractivity contribution in [3.63, 3.8) is 0 Å². The summed E-state index contributed by atoms with van der Waals surface area (Å²) in [4.78, 5) is 0. The maximum atomic E-state index is 9.68. The van der Waals surface area contributed by atoms with Gasteiger partial charge in [0.1, 0.15) is 0 Å². The van der Waals surface area contributed by atoms with Crippen molar-refractivity contribution < 1.29 is 9.47 Å². The fourth-order valence-electron chi connectivity index (χ4n) is 2.78. The van der Waals surface area contributed by atoms with Crippen LogP contribution in [0.15, 0.2) is 59.1 Å². The third-order valence-electron chi connectivity index (χ3n) is 4.06. The van der Waals surface area contributed by atoms with Gasteiger partial charge in [-0.3, -0.25) is 0 Å². The molecular weight excluding hydrogens is 390 g/mol. The molecule has 3 aromatic rings. The van der Waals surface area contributed by atoms with E-state index < -0.39 is 0 Å². The predicted molar refractivity (Wildman–Crippen MR) is 109 cm³/mol. The average Bonchev–Trinajstić information content (AvgIpc) is 2.67. The lowest BCUT2D eigenvalue weighted by Crippen LogP contribution is -1.96. The van der Waals surface area contributed by atoms with Crippen LogP contribution in [-0.4, -0.2) is 13.7 Å². The largest absolute Gasteiger partial charge is 0.493 e. The molecule has 3 aromatic carbocycles. The van der Waals surface area contributed by atoms with Crippen LogP contribution in [0.5, 0.6) is 11.5 Å². The Morgan fingerprint density at radius 2 is 1.85 bits per heavy atom. The molecule has 3 rings (SSSR count). The molecule has 0 aliphatic carbocycles. The van der Waals surface area contributed by atoms with Crippen LogP contribution in [0.4, 0.5) is 0 Å². The number of halogens is 1. The number of allylic oxidation sites excluding steroid dienone is 1. The van der Waals surface area contributed by atoms with E-state index in [9.17, 15) is 5.26 Å². The van der Waals surface area contributed by atoms with Crippen molar-refractivity contribution in [2.75, 3.05) is 13.7 Å². The summed E-state index contributed by atoms with van der Waals surface area (Å²) >= 11 is 3.56. The molecule has 26 heavy (non-hydrogen) atoms. The number of fused-ring (bicyclic) bond motifs is 1. The molecular formula is C22H18BrNO2. The second-order valence-corrected chi connectivity index (χ2v) is 6.54. The van der Waals surface area contributed by atoms with E-state index in [2.05, 4.69) is 28.1 Å². The van der Waals surface area contributed by atoms with Gasteiger partial charge in [0, 0.05) is 4.47 Å². The van der Waals surface area contributed by atoms with Crippen LogP contribution in [0.2, 0.25) is 0 Å². The smallest absolute Gasteiger partial charge is 0.162 e. The van der Waals surface area contributed by atoms with Gasteiger partial charge in [-0.2, -0.15) is 5.26 Å². The Kier molecular flexibility index (Phi) is 5.60. The zero-order valence-electron chi connectivity index (χ0n) is 14.6. The Balaban J connectivity index is 2.07. The standard InChI is InChI=1S/C22H18BrNO2/c1-3-26-22-13-20(23)18(12-21(22)25-2)11-19(14-24)17-9-8-15-6-4-5-7-16(15)10-17/h4-13H,3H2,1-2H3/b19-11-. The normalized spacial score (nSPS) is 11.2. The third kappa shape index (κ3) is 3.74. The van der Waals surface area contributed by atoms with Crippen molar-refractivity contribution in [3.8, 4) is 17.6 Å². The van der Waals surface area contributed by atoms with Gasteiger partial charge in [-0.25, -0.2) is 0 Å². The molecule has 0 saturated carbocycles. The van der Waals surface area contributed by atoms with Gasteiger partial charge in [0.25, 0.3) is 0 Å². The van der Waals surface area contributed by atoms with E-state index in [0.29, 0.717) is 23.7 Å². The van der Waals surface area contributed by atoms with Gasteiger partial charge in [0.05, 0.1) is 25.4 Å². The molecule has 0 atom stereocenters. The summed E-state index contributed by atoms with van der Waals surface area (Å²) in [7, 11) is 1.60. The second kappa shape index (κ2) is 8.07. The van der Waals surface area contributed by atoms with Gasteiger partial charge < -0.3 is 9.47 Å². The van der Waals surface area contributed by atoms with Gasteiger partial charge in [0.2, 0.25) is 0 Å². The summed E-state index contributed by atoms with van der Waals surface area (Å²) in [5.74, 6) is 1.31. The summed E-state index contributed by atoms with van der Waals surface area (Å²) < 4.78 is 11.8. The Labute approximate surface area is 161 Å². The van der Waals surface area contributed by atoms with Gasteiger partial charge in [-0.05, 0) is 53.1 Å². The van der Waals surface area contributed by atoms with Gasteiger partial charge in [-0.15, -0.1) is 0 Å². The highest BCUT2D eigenvalue weighted by molar-refractivity contribution is 9.10. The number of nitrogens with zero attached hydrogens (tertiary/aromatic N) is 1. The highest BCUT2D eigenvalue weighted by Gasteiger charge is 2.11. The van der Waals surface area contributed by atoms with Crippen LogP contribution in [0.3, 0.4) is 0 Å². The lowest BCUT2D eigenvalue weighted by Gasteiger charge is -2.12. The molecule has 0 saturated heterocycles. The van der Waals surface area contributed by atoms with E-state index in [4.69, 9.17) is 9.47 Å². The van der Waals surface area contributed by atoms with Crippen molar-refractivity contribution in [1.82, 2.24) is 0 Å². The van der Waals surface area contributed by atoms with Crippen molar-refractivity contribution in [2.45, 2.75) is 6.92 Å². The number of ether oxygens (including phenoxy) is 2. The van der Waals surface area contributed by atoms with Crippen LogP contribution in [0, 0.1) is 11.3 Å². The Hall–Kier alpha value is -2.77. The molecule has 130 valence electrons. The molecule has 0 aliphatic heterocycles. The van der Waals surface area contributed by atoms with Crippen LogP contribution in [-0.2, 0) is 0 Å². The minimum absolute atomic E-state index is 0.554. The number of benzene rings is 3. The van der Waals surface area contributed by atoms with Crippen LogP contribution >= 0.6 is 15.9 Å². The number of nitriles is 1. The summed E-state index contributed by atoms with van der Waals surface area (Å²) in [6.07, 6.45) is 1.85. The van der Waals surface area contributed by atoms with E-state index in [1.54, 1.807) is 7.11 Å². The Morgan fingerprint density at radius 1 is 1.08 bits per heavy atom. The molecule has 4 heteroatoms.